The van der Waals surface area contributed by atoms with Crippen molar-refractivity contribution in [1.29, 1.82) is 0 Å². The molecule has 0 saturated carbocycles. The monoisotopic (exact) mass is 344 g/mol. The number of carbonyl (C=O) groups excluding carboxylic acids is 2. The first-order valence-electron chi connectivity index (χ1n) is 9.01. The number of aromatic nitrogens is 1. The lowest BCUT2D eigenvalue weighted by atomic mass is 10.1. The van der Waals surface area contributed by atoms with E-state index in [9.17, 15) is 9.59 Å². The van der Waals surface area contributed by atoms with Crippen LogP contribution in [0.5, 0.6) is 0 Å². The normalized spacial score (nSPS) is 10.8. The first-order chi connectivity index (χ1) is 12.1. The average molecular weight is 344 g/mol. The maximum absolute atomic E-state index is 11.9. The van der Waals surface area contributed by atoms with Gasteiger partial charge in [-0.2, -0.15) is 0 Å². The molecule has 0 saturated heterocycles. The molecule has 0 bridgehead atoms. The molecule has 2 rings (SSSR count). The average Bonchev–Trinajstić information content (AvgIpc) is 2.93. The van der Waals surface area contributed by atoms with Crippen LogP contribution in [0.2, 0.25) is 0 Å². The molecule has 0 unspecified atom stereocenters. The Balaban J connectivity index is 1.62. The van der Waals surface area contributed by atoms with Gasteiger partial charge in [-0.3, -0.25) is 9.59 Å². The van der Waals surface area contributed by atoms with Crippen molar-refractivity contribution < 1.29 is 14.3 Å². The van der Waals surface area contributed by atoms with Crippen LogP contribution < -0.4 is 5.32 Å². The summed E-state index contributed by atoms with van der Waals surface area (Å²) in [7, 11) is 1.41. The van der Waals surface area contributed by atoms with Crippen molar-refractivity contribution in [3.05, 3.63) is 35.5 Å². The van der Waals surface area contributed by atoms with Crippen LogP contribution in [0.1, 0.15) is 49.8 Å². The summed E-state index contributed by atoms with van der Waals surface area (Å²) in [6, 6.07) is 8.25. The van der Waals surface area contributed by atoms with Crippen molar-refractivity contribution in [3.63, 3.8) is 0 Å². The first-order valence-corrected chi connectivity index (χ1v) is 9.01. The molecule has 1 aromatic heterocycles. The Kier molecular flexibility index (Phi) is 7.51. The molecule has 1 aromatic carbocycles. The quantitative estimate of drug-likeness (QED) is 0.510. The van der Waals surface area contributed by atoms with Crippen LogP contribution in [-0.4, -0.2) is 30.5 Å². The summed E-state index contributed by atoms with van der Waals surface area (Å²) < 4.78 is 4.60. The second kappa shape index (κ2) is 9.87. The summed E-state index contributed by atoms with van der Waals surface area (Å²) in [5, 5.41) is 4.24. The second-order valence-corrected chi connectivity index (χ2v) is 6.36. The van der Waals surface area contributed by atoms with E-state index in [-0.39, 0.29) is 11.9 Å². The van der Waals surface area contributed by atoms with Crippen LogP contribution in [0.4, 0.5) is 0 Å². The zero-order valence-corrected chi connectivity index (χ0v) is 15.2. The van der Waals surface area contributed by atoms with Crippen molar-refractivity contribution in [1.82, 2.24) is 10.3 Å². The first kappa shape index (κ1) is 19.0. The number of H-pyrrole nitrogens is 1. The molecule has 0 fully saturated rings. The molecule has 0 aliphatic heterocycles. The topological polar surface area (TPSA) is 71.2 Å². The van der Waals surface area contributed by atoms with E-state index in [2.05, 4.69) is 34.1 Å². The predicted molar refractivity (Wildman–Crippen MR) is 99.5 cm³/mol. The number of rotatable bonds is 10. The Morgan fingerprint density at radius 2 is 1.80 bits per heavy atom. The number of methoxy groups -OCH3 is 1. The Morgan fingerprint density at radius 3 is 2.56 bits per heavy atom. The number of hydrogen-bond donors (Lipinski definition) is 2. The number of para-hydroxylation sites is 1. The molecule has 136 valence electrons. The Labute approximate surface area is 149 Å². The number of esters is 1. The molecule has 1 heterocycles. The molecule has 2 aromatic rings. The zero-order valence-electron chi connectivity index (χ0n) is 15.2. The van der Waals surface area contributed by atoms with Gasteiger partial charge in [-0.25, -0.2) is 0 Å². The van der Waals surface area contributed by atoms with Crippen LogP contribution in [0, 0.1) is 6.92 Å². The summed E-state index contributed by atoms with van der Waals surface area (Å²) in [5.74, 6) is -0.0595. The minimum absolute atomic E-state index is 0.102. The highest BCUT2D eigenvalue weighted by Gasteiger charge is 2.08. The number of ether oxygens (including phenoxy) is 1. The molecular weight excluding hydrogens is 316 g/mol. The van der Waals surface area contributed by atoms with Gasteiger partial charge in [0.05, 0.1) is 7.11 Å². The van der Waals surface area contributed by atoms with Gasteiger partial charge in [-0.05, 0) is 37.8 Å². The molecule has 0 spiro atoms. The largest absolute Gasteiger partial charge is 0.469 e. The number of hydrogen-bond acceptors (Lipinski definition) is 3. The second-order valence-electron chi connectivity index (χ2n) is 6.36. The summed E-state index contributed by atoms with van der Waals surface area (Å²) in [6.45, 7) is 2.73. The minimum Gasteiger partial charge on any atom is -0.469 e. The number of nitrogens with one attached hydrogen (secondary N) is 2. The SMILES string of the molecule is COC(=O)CCCCCCC(=O)NCCc1c(C)[nH]c2ccccc12. The molecule has 0 radical (unpaired) electrons. The Bertz CT molecular complexity index is 706. The number of aromatic amines is 1. The number of amides is 1. The highest BCUT2D eigenvalue weighted by atomic mass is 16.5. The van der Waals surface area contributed by atoms with E-state index >= 15 is 0 Å². The number of aryl methyl sites for hydroxylation is 1. The van der Waals surface area contributed by atoms with Gasteiger partial charge in [-0.15, -0.1) is 0 Å². The summed E-state index contributed by atoms with van der Waals surface area (Å²) in [5.41, 5.74) is 3.59. The van der Waals surface area contributed by atoms with Crippen molar-refractivity contribution in [2.75, 3.05) is 13.7 Å². The van der Waals surface area contributed by atoms with Crippen LogP contribution in [0.15, 0.2) is 24.3 Å². The van der Waals surface area contributed by atoms with Gasteiger partial charge in [0.15, 0.2) is 0 Å². The third kappa shape index (κ3) is 5.93. The maximum Gasteiger partial charge on any atom is 0.305 e. The summed E-state index contributed by atoms with van der Waals surface area (Å²) >= 11 is 0. The number of carbonyl (C=O) groups is 2. The fourth-order valence-corrected chi connectivity index (χ4v) is 3.08. The van der Waals surface area contributed by atoms with E-state index in [1.54, 1.807) is 0 Å². The molecule has 5 nitrogen and oxygen atoms in total. The van der Waals surface area contributed by atoms with Gasteiger partial charge >= 0.3 is 5.97 Å². The summed E-state index contributed by atoms with van der Waals surface area (Å²) in [4.78, 5) is 26.3. The van der Waals surface area contributed by atoms with Gasteiger partial charge < -0.3 is 15.0 Å². The van der Waals surface area contributed by atoms with E-state index < -0.39 is 0 Å². The van der Waals surface area contributed by atoms with Gasteiger partial charge in [0.2, 0.25) is 5.91 Å². The molecule has 2 N–H and O–H groups in total. The molecule has 0 atom stereocenters. The van der Waals surface area contributed by atoms with Gasteiger partial charge in [0, 0.05) is 36.0 Å². The highest BCUT2D eigenvalue weighted by molar-refractivity contribution is 5.84. The van der Waals surface area contributed by atoms with Crippen molar-refractivity contribution >= 4 is 22.8 Å². The molecule has 25 heavy (non-hydrogen) atoms. The lowest BCUT2D eigenvalue weighted by Gasteiger charge is -2.06. The van der Waals surface area contributed by atoms with Crippen molar-refractivity contribution in [3.8, 4) is 0 Å². The molecule has 1 amide bonds. The third-order valence-corrected chi connectivity index (χ3v) is 4.49. The number of benzene rings is 1. The van der Waals surface area contributed by atoms with E-state index in [0.717, 1.165) is 37.6 Å². The maximum atomic E-state index is 11.9. The third-order valence-electron chi connectivity index (χ3n) is 4.49. The van der Waals surface area contributed by atoms with Crippen molar-refractivity contribution in [2.45, 2.75) is 51.9 Å². The molecule has 0 aliphatic rings. The molecule has 0 aliphatic carbocycles. The smallest absolute Gasteiger partial charge is 0.305 e. The van der Waals surface area contributed by atoms with Crippen LogP contribution in [0.3, 0.4) is 0 Å². The van der Waals surface area contributed by atoms with E-state index in [4.69, 9.17) is 0 Å². The minimum atomic E-state index is -0.162. The predicted octanol–water partition coefficient (Wildman–Crippen LogP) is 3.65. The lowest BCUT2D eigenvalue weighted by Crippen LogP contribution is -2.25. The van der Waals surface area contributed by atoms with E-state index in [1.165, 1.54) is 23.8 Å². The van der Waals surface area contributed by atoms with E-state index in [1.807, 2.05) is 12.1 Å². The van der Waals surface area contributed by atoms with Gasteiger partial charge in [0.1, 0.15) is 0 Å². The Morgan fingerprint density at radius 1 is 1.08 bits per heavy atom. The van der Waals surface area contributed by atoms with Gasteiger partial charge in [-0.1, -0.05) is 31.0 Å². The Hall–Kier alpha value is -2.30. The van der Waals surface area contributed by atoms with Gasteiger partial charge in [0.25, 0.3) is 0 Å². The van der Waals surface area contributed by atoms with E-state index in [0.29, 0.717) is 19.4 Å². The van der Waals surface area contributed by atoms with Crippen LogP contribution >= 0.6 is 0 Å². The lowest BCUT2D eigenvalue weighted by molar-refractivity contribution is -0.140. The fraction of sp³-hybridized carbons (Fsp3) is 0.500. The van der Waals surface area contributed by atoms with Crippen molar-refractivity contribution in [2.24, 2.45) is 0 Å². The van der Waals surface area contributed by atoms with Crippen LogP contribution in [0.25, 0.3) is 10.9 Å². The molecule has 5 heteroatoms. The summed E-state index contributed by atoms with van der Waals surface area (Å²) in [6.07, 6.45) is 5.45. The fourth-order valence-electron chi connectivity index (χ4n) is 3.08. The molecular formula is C20H28N2O3. The number of fused-ring (bicyclic) bond motifs is 1. The van der Waals surface area contributed by atoms with Crippen LogP contribution in [-0.2, 0) is 20.7 Å². The highest BCUT2D eigenvalue weighted by Crippen LogP contribution is 2.21. The number of unbranched alkanes of at least 4 members (excludes halogenated alkanes) is 3. The standard InChI is InChI=1S/C20H28N2O3/c1-15-16(17-9-7-8-10-18(17)22-15)13-14-21-19(23)11-5-3-4-6-12-20(24)25-2/h7-10,22H,3-6,11-14H2,1-2H3,(H,21,23). The zero-order chi connectivity index (χ0) is 18.1.